The Hall–Kier alpha value is -1.20. The van der Waals surface area contributed by atoms with Gasteiger partial charge in [0.15, 0.2) is 5.92 Å². The lowest BCUT2D eigenvalue weighted by Crippen LogP contribution is -2.34. The summed E-state index contributed by atoms with van der Waals surface area (Å²) in [5.41, 5.74) is -0.0469. The van der Waals surface area contributed by atoms with E-state index in [0.29, 0.717) is 6.42 Å². The minimum absolute atomic E-state index is 0.284. The molecule has 1 aromatic carbocycles. The molecular weight excluding hydrogens is 270 g/mol. The van der Waals surface area contributed by atoms with E-state index in [1.54, 1.807) is 0 Å². The summed E-state index contributed by atoms with van der Waals surface area (Å²) in [6.07, 6.45) is -10.1. The molecule has 0 aliphatic carbocycles. The van der Waals surface area contributed by atoms with E-state index in [4.69, 9.17) is 0 Å². The van der Waals surface area contributed by atoms with Crippen LogP contribution in [-0.4, -0.2) is 12.4 Å². The summed E-state index contributed by atoms with van der Waals surface area (Å²) in [5, 5.41) is 0. The fraction of sp³-hybridized carbons (Fsp3) is 0.538. The second kappa shape index (κ2) is 5.43. The molecule has 1 rings (SSSR count). The van der Waals surface area contributed by atoms with Crippen molar-refractivity contribution in [1.29, 1.82) is 0 Å². The molecule has 6 heteroatoms. The Balaban J connectivity index is 3.05. The first-order valence-corrected chi connectivity index (χ1v) is 5.74. The van der Waals surface area contributed by atoms with Crippen LogP contribution in [0.4, 0.5) is 26.3 Å². The molecule has 0 unspecified atom stereocenters. The van der Waals surface area contributed by atoms with Crippen LogP contribution in [0.5, 0.6) is 0 Å². The maximum atomic E-state index is 12.5. The lowest BCUT2D eigenvalue weighted by molar-refractivity contribution is -0.253. The Morgan fingerprint density at radius 3 is 1.58 bits per heavy atom. The zero-order valence-corrected chi connectivity index (χ0v) is 10.4. The molecular formula is C13H14F6. The average Bonchev–Trinajstić information content (AvgIpc) is 2.15. The van der Waals surface area contributed by atoms with Crippen molar-refractivity contribution in [3.05, 3.63) is 35.4 Å². The van der Waals surface area contributed by atoms with Crippen molar-refractivity contribution in [1.82, 2.24) is 0 Å². The summed E-state index contributed by atoms with van der Waals surface area (Å²) in [6.45, 7) is 3.84. The molecule has 0 nitrogen and oxygen atoms in total. The van der Waals surface area contributed by atoms with Crippen molar-refractivity contribution in [2.24, 2.45) is 5.92 Å². The maximum Gasteiger partial charge on any atom is 0.404 e. The number of benzene rings is 1. The molecule has 0 saturated heterocycles. The normalized spacial score (nSPS) is 13.4. The van der Waals surface area contributed by atoms with Crippen LogP contribution >= 0.6 is 0 Å². The first kappa shape index (κ1) is 15.9. The van der Waals surface area contributed by atoms with E-state index < -0.39 is 23.8 Å². The van der Waals surface area contributed by atoms with Gasteiger partial charge in [0.05, 0.1) is 0 Å². The number of hydrogen-bond donors (Lipinski definition) is 0. The number of rotatable bonds is 3. The van der Waals surface area contributed by atoms with E-state index in [2.05, 4.69) is 0 Å². The van der Waals surface area contributed by atoms with Crippen LogP contribution in [0.2, 0.25) is 0 Å². The van der Waals surface area contributed by atoms with Gasteiger partial charge in [0.2, 0.25) is 0 Å². The number of halogens is 6. The largest absolute Gasteiger partial charge is 0.404 e. The Morgan fingerprint density at radius 1 is 0.842 bits per heavy atom. The van der Waals surface area contributed by atoms with E-state index in [1.165, 1.54) is 12.1 Å². The van der Waals surface area contributed by atoms with E-state index in [9.17, 15) is 26.3 Å². The van der Waals surface area contributed by atoms with Crippen LogP contribution in [0.25, 0.3) is 0 Å². The summed E-state index contributed by atoms with van der Waals surface area (Å²) in [4.78, 5) is 0. The molecule has 1 aromatic rings. The van der Waals surface area contributed by atoms with Gasteiger partial charge in [-0.2, -0.15) is 26.3 Å². The van der Waals surface area contributed by atoms with Crippen LogP contribution in [0.1, 0.15) is 30.9 Å². The van der Waals surface area contributed by atoms with Gasteiger partial charge in [-0.05, 0) is 23.5 Å². The van der Waals surface area contributed by atoms with Crippen LogP contribution in [-0.2, 0) is 6.42 Å². The van der Waals surface area contributed by atoms with Crippen molar-refractivity contribution in [2.45, 2.75) is 38.5 Å². The third-order valence-electron chi connectivity index (χ3n) is 2.61. The number of hydrogen-bond acceptors (Lipinski definition) is 0. The second-order valence-electron chi connectivity index (χ2n) is 4.86. The van der Waals surface area contributed by atoms with Gasteiger partial charge >= 0.3 is 12.4 Å². The predicted molar refractivity (Wildman–Crippen MR) is 59.8 cm³/mol. The average molecular weight is 284 g/mol. The van der Waals surface area contributed by atoms with Crippen molar-refractivity contribution >= 4 is 0 Å². The molecule has 0 N–H and O–H groups in total. The molecule has 0 amide bonds. The maximum absolute atomic E-state index is 12.5. The van der Waals surface area contributed by atoms with E-state index in [-0.39, 0.29) is 5.92 Å². The van der Waals surface area contributed by atoms with Crippen molar-refractivity contribution < 1.29 is 26.3 Å². The zero-order valence-electron chi connectivity index (χ0n) is 10.4. The highest BCUT2D eigenvalue weighted by Crippen LogP contribution is 2.46. The van der Waals surface area contributed by atoms with Crippen molar-refractivity contribution in [2.75, 3.05) is 0 Å². The predicted octanol–water partition coefficient (Wildman–Crippen LogP) is 5.09. The molecule has 0 spiro atoms. The monoisotopic (exact) mass is 284 g/mol. The lowest BCUT2D eigenvalue weighted by atomic mass is 9.95. The second-order valence-corrected chi connectivity index (χ2v) is 4.86. The number of alkyl halides is 6. The fourth-order valence-electron chi connectivity index (χ4n) is 1.88. The fourth-order valence-corrected chi connectivity index (χ4v) is 1.88. The summed E-state index contributed by atoms with van der Waals surface area (Å²) in [5.74, 6) is -3.14. The van der Waals surface area contributed by atoms with Gasteiger partial charge in [-0.3, -0.25) is 0 Å². The zero-order chi connectivity index (χ0) is 14.8. The van der Waals surface area contributed by atoms with Gasteiger partial charge in [0, 0.05) is 0 Å². The Labute approximate surface area is 107 Å². The first-order chi connectivity index (χ1) is 8.51. The molecule has 0 bridgehead atoms. The highest BCUT2D eigenvalue weighted by molar-refractivity contribution is 5.27. The van der Waals surface area contributed by atoms with Crippen molar-refractivity contribution in [3.63, 3.8) is 0 Å². The third kappa shape index (κ3) is 4.44. The minimum Gasteiger partial charge on any atom is -0.170 e. The van der Waals surface area contributed by atoms with Crippen molar-refractivity contribution in [3.8, 4) is 0 Å². The molecule has 0 aliphatic rings. The van der Waals surface area contributed by atoms with Gasteiger partial charge in [-0.25, -0.2) is 0 Å². The van der Waals surface area contributed by atoms with Gasteiger partial charge in [-0.1, -0.05) is 38.1 Å². The molecule has 0 fully saturated rings. The molecule has 108 valence electrons. The Kier molecular flexibility index (Phi) is 4.53. The topological polar surface area (TPSA) is 0 Å². The molecule has 0 aliphatic heterocycles. The first-order valence-electron chi connectivity index (χ1n) is 5.74. The molecule has 0 heterocycles. The lowest BCUT2D eigenvalue weighted by Gasteiger charge is -2.23. The summed E-state index contributed by atoms with van der Waals surface area (Å²) in [7, 11) is 0. The van der Waals surface area contributed by atoms with Crippen LogP contribution in [0.15, 0.2) is 24.3 Å². The van der Waals surface area contributed by atoms with E-state index in [1.807, 2.05) is 13.8 Å². The smallest absolute Gasteiger partial charge is 0.170 e. The van der Waals surface area contributed by atoms with E-state index >= 15 is 0 Å². The molecule has 19 heavy (non-hydrogen) atoms. The molecule has 0 radical (unpaired) electrons. The highest BCUT2D eigenvalue weighted by atomic mass is 19.4. The molecule has 0 saturated carbocycles. The third-order valence-corrected chi connectivity index (χ3v) is 2.61. The molecule has 0 atom stereocenters. The van der Waals surface area contributed by atoms with Crippen LogP contribution in [0.3, 0.4) is 0 Å². The van der Waals surface area contributed by atoms with Gasteiger partial charge in [0.25, 0.3) is 0 Å². The standard InChI is InChI=1S/C13H14F6/c1-8(2)7-9-3-5-10(6-4-9)11(12(14,15)16)13(17,18)19/h3-6,8,11H,7H2,1-2H3. The Morgan fingerprint density at radius 2 is 1.26 bits per heavy atom. The molecule has 0 aromatic heterocycles. The van der Waals surface area contributed by atoms with Crippen LogP contribution in [0, 0.1) is 5.92 Å². The van der Waals surface area contributed by atoms with Gasteiger partial charge < -0.3 is 0 Å². The highest BCUT2D eigenvalue weighted by Gasteiger charge is 2.57. The SMILES string of the molecule is CC(C)Cc1ccc(C(C(F)(F)F)C(F)(F)F)cc1. The van der Waals surface area contributed by atoms with Gasteiger partial charge in [-0.15, -0.1) is 0 Å². The Bertz CT molecular complexity index is 385. The summed E-state index contributed by atoms with van der Waals surface area (Å²) in [6, 6.07) is 4.45. The summed E-state index contributed by atoms with van der Waals surface area (Å²) < 4.78 is 75.0. The van der Waals surface area contributed by atoms with Crippen LogP contribution < -0.4 is 0 Å². The van der Waals surface area contributed by atoms with E-state index in [0.717, 1.165) is 17.7 Å². The van der Waals surface area contributed by atoms with Gasteiger partial charge in [0.1, 0.15) is 0 Å². The minimum atomic E-state index is -5.34. The quantitative estimate of drug-likeness (QED) is 0.678. The summed E-state index contributed by atoms with van der Waals surface area (Å²) >= 11 is 0.